The first-order valence-electron chi connectivity index (χ1n) is 8.19. The van der Waals surface area contributed by atoms with Gasteiger partial charge in [0, 0.05) is 27.9 Å². The third kappa shape index (κ3) is 5.18. The predicted molar refractivity (Wildman–Crippen MR) is 112 cm³/mol. The van der Waals surface area contributed by atoms with Gasteiger partial charge in [-0.1, -0.05) is 28.1 Å². The van der Waals surface area contributed by atoms with E-state index in [4.69, 9.17) is 0 Å². The Morgan fingerprint density at radius 2 is 1.62 bits per heavy atom. The molecule has 3 rings (SSSR count). The first-order valence-corrected chi connectivity index (χ1v) is 10.5. The van der Waals surface area contributed by atoms with Crippen molar-refractivity contribution in [2.24, 2.45) is 0 Å². The maximum absolute atomic E-state index is 12.6. The number of benzene rings is 3. The molecule has 0 unspecified atom stereocenters. The second kappa shape index (κ2) is 8.41. The number of anilines is 2. The van der Waals surface area contributed by atoms with E-state index in [9.17, 15) is 23.3 Å². The number of hydrogen-bond donors (Lipinski definition) is 2. The van der Waals surface area contributed by atoms with Gasteiger partial charge in [-0.3, -0.25) is 19.6 Å². The zero-order valence-corrected chi connectivity index (χ0v) is 17.1. The van der Waals surface area contributed by atoms with Crippen LogP contribution in [0.15, 0.2) is 82.2 Å². The van der Waals surface area contributed by atoms with Crippen LogP contribution in [0.4, 0.5) is 17.1 Å². The smallest absolute Gasteiger partial charge is 0.271 e. The van der Waals surface area contributed by atoms with Crippen molar-refractivity contribution in [3.05, 3.63) is 92.9 Å². The van der Waals surface area contributed by atoms with E-state index in [0.29, 0.717) is 5.69 Å². The van der Waals surface area contributed by atoms with Crippen LogP contribution in [0.1, 0.15) is 10.4 Å². The zero-order chi connectivity index (χ0) is 21.0. The van der Waals surface area contributed by atoms with Crippen molar-refractivity contribution in [1.29, 1.82) is 0 Å². The fourth-order valence-electron chi connectivity index (χ4n) is 2.44. The molecular formula is C19H14BrN3O5S. The largest absolute Gasteiger partial charge is 0.322 e. The van der Waals surface area contributed by atoms with Gasteiger partial charge in [-0.25, -0.2) is 8.42 Å². The highest BCUT2D eigenvalue weighted by atomic mass is 79.9. The third-order valence-electron chi connectivity index (χ3n) is 3.82. The summed E-state index contributed by atoms with van der Waals surface area (Å²) in [6.07, 6.45) is 0. The van der Waals surface area contributed by atoms with Crippen LogP contribution < -0.4 is 10.0 Å². The number of sulfonamides is 1. The molecule has 0 saturated heterocycles. The second-order valence-electron chi connectivity index (χ2n) is 5.90. The second-order valence-corrected chi connectivity index (χ2v) is 8.50. The van der Waals surface area contributed by atoms with Gasteiger partial charge in [-0.2, -0.15) is 0 Å². The van der Waals surface area contributed by atoms with Crippen molar-refractivity contribution < 1.29 is 18.1 Å². The lowest BCUT2D eigenvalue weighted by atomic mass is 10.2. The number of rotatable bonds is 6. The van der Waals surface area contributed by atoms with Crippen molar-refractivity contribution in [2.45, 2.75) is 4.90 Å². The molecule has 29 heavy (non-hydrogen) atoms. The molecule has 10 heteroatoms. The van der Waals surface area contributed by atoms with E-state index in [-0.39, 0.29) is 21.8 Å². The van der Waals surface area contributed by atoms with E-state index in [1.54, 1.807) is 24.3 Å². The Kier molecular flexibility index (Phi) is 5.95. The van der Waals surface area contributed by atoms with Gasteiger partial charge in [0.05, 0.1) is 15.5 Å². The summed E-state index contributed by atoms with van der Waals surface area (Å²) in [6.45, 7) is 0. The van der Waals surface area contributed by atoms with Gasteiger partial charge in [-0.15, -0.1) is 0 Å². The monoisotopic (exact) mass is 475 g/mol. The average Bonchev–Trinajstić information content (AvgIpc) is 2.69. The van der Waals surface area contributed by atoms with Crippen molar-refractivity contribution in [2.75, 3.05) is 10.0 Å². The van der Waals surface area contributed by atoms with Crippen molar-refractivity contribution in [3.8, 4) is 0 Å². The van der Waals surface area contributed by atoms with Crippen LogP contribution >= 0.6 is 15.9 Å². The van der Waals surface area contributed by atoms with Gasteiger partial charge >= 0.3 is 0 Å². The molecule has 148 valence electrons. The molecule has 3 aromatic carbocycles. The molecule has 0 bridgehead atoms. The van der Waals surface area contributed by atoms with Gasteiger partial charge in [-0.05, 0) is 48.5 Å². The fraction of sp³-hybridized carbons (Fsp3) is 0. The Hall–Kier alpha value is -3.24. The van der Waals surface area contributed by atoms with Gasteiger partial charge in [0.1, 0.15) is 0 Å². The highest BCUT2D eigenvalue weighted by molar-refractivity contribution is 9.10. The Bertz CT molecular complexity index is 1180. The number of nitro benzene ring substituents is 1. The summed E-state index contributed by atoms with van der Waals surface area (Å²) in [5.41, 5.74) is 0.507. The zero-order valence-electron chi connectivity index (χ0n) is 14.7. The molecule has 1 amide bonds. The molecule has 0 aromatic heterocycles. The van der Waals surface area contributed by atoms with Gasteiger partial charge in [0.15, 0.2) is 0 Å². The van der Waals surface area contributed by atoms with Gasteiger partial charge in [0.25, 0.3) is 21.6 Å². The van der Waals surface area contributed by atoms with Crippen molar-refractivity contribution >= 4 is 48.9 Å². The van der Waals surface area contributed by atoms with E-state index in [0.717, 1.165) is 10.5 Å². The number of hydrogen-bond acceptors (Lipinski definition) is 5. The molecule has 0 aliphatic rings. The Labute approximate surface area is 174 Å². The lowest BCUT2D eigenvalue weighted by molar-refractivity contribution is -0.384. The summed E-state index contributed by atoms with van der Waals surface area (Å²) in [5, 5.41) is 13.5. The first-order chi connectivity index (χ1) is 13.7. The summed E-state index contributed by atoms with van der Waals surface area (Å²) < 4.78 is 28.4. The summed E-state index contributed by atoms with van der Waals surface area (Å²) in [6, 6.07) is 17.6. The number of halogens is 1. The minimum atomic E-state index is -4.05. The molecule has 8 nitrogen and oxygen atoms in total. The molecule has 0 saturated carbocycles. The van der Waals surface area contributed by atoms with E-state index in [1.165, 1.54) is 42.5 Å². The van der Waals surface area contributed by atoms with E-state index in [1.807, 2.05) is 0 Å². The van der Waals surface area contributed by atoms with Crippen LogP contribution in [0.5, 0.6) is 0 Å². The van der Waals surface area contributed by atoms with Crippen LogP contribution in [-0.2, 0) is 10.0 Å². The summed E-state index contributed by atoms with van der Waals surface area (Å²) in [4.78, 5) is 22.5. The fourth-order valence-corrected chi connectivity index (χ4v) is 3.80. The number of carbonyl (C=O) groups excluding carboxylic acids is 1. The average molecular weight is 476 g/mol. The molecule has 0 atom stereocenters. The number of nitrogens with one attached hydrogen (secondary N) is 2. The number of nitro groups is 1. The van der Waals surface area contributed by atoms with Crippen LogP contribution in [0.3, 0.4) is 0 Å². The van der Waals surface area contributed by atoms with E-state index >= 15 is 0 Å². The number of nitrogens with zero attached hydrogens (tertiary/aromatic N) is 1. The predicted octanol–water partition coefficient (Wildman–Crippen LogP) is 4.41. The first kappa shape index (κ1) is 20.5. The van der Waals surface area contributed by atoms with Crippen LogP contribution in [-0.4, -0.2) is 19.2 Å². The molecule has 0 radical (unpaired) electrons. The van der Waals surface area contributed by atoms with E-state index in [2.05, 4.69) is 26.0 Å². The lowest BCUT2D eigenvalue weighted by Gasteiger charge is -2.10. The minimum Gasteiger partial charge on any atom is -0.322 e. The highest BCUT2D eigenvalue weighted by Crippen LogP contribution is 2.22. The molecule has 0 aliphatic carbocycles. The van der Waals surface area contributed by atoms with Crippen LogP contribution in [0.2, 0.25) is 0 Å². The van der Waals surface area contributed by atoms with Crippen molar-refractivity contribution in [1.82, 2.24) is 0 Å². The molecular weight excluding hydrogens is 462 g/mol. The standard InChI is InChI=1S/C19H14BrN3O5S/c20-14-7-9-15(10-8-14)21-19(24)13-3-1-6-18(11-13)29(27,28)22-16-4-2-5-17(12-16)23(25)26/h1-12,22H,(H,21,24). The summed E-state index contributed by atoms with van der Waals surface area (Å²) in [7, 11) is -4.05. The van der Waals surface area contributed by atoms with Gasteiger partial charge in [0.2, 0.25) is 0 Å². The highest BCUT2D eigenvalue weighted by Gasteiger charge is 2.18. The molecule has 0 spiro atoms. The maximum Gasteiger partial charge on any atom is 0.271 e. The Morgan fingerprint density at radius 3 is 2.31 bits per heavy atom. The topological polar surface area (TPSA) is 118 Å². The number of carbonyl (C=O) groups is 1. The molecule has 3 aromatic rings. The lowest BCUT2D eigenvalue weighted by Crippen LogP contribution is -2.16. The quantitative estimate of drug-likeness (QED) is 0.404. The normalized spacial score (nSPS) is 10.9. The maximum atomic E-state index is 12.6. The van der Waals surface area contributed by atoms with Crippen LogP contribution in [0, 0.1) is 10.1 Å². The van der Waals surface area contributed by atoms with Crippen molar-refractivity contribution in [3.63, 3.8) is 0 Å². The summed E-state index contributed by atoms with van der Waals surface area (Å²) in [5.74, 6) is -0.472. The number of amides is 1. The summed E-state index contributed by atoms with van der Waals surface area (Å²) >= 11 is 3.30. The molecule has 0 aliphatic heterocycles. The van der Waals surface area contributed by atoms with Crippen LogP contribution in [0.25, 0.3) is 0 Å². The number of non-ortho nitro benzene ring substituents is 1. The van der Waals surface area contributed by atoms with Gasteiger partial charge < -0.3 is 5.32 Å². The Morgan fingerprint density at radius 1 is 0.931 bits per heavy atom. The SMILES string of the molecule is O=C(Nc1ccc(Br)cc1)c1cccc(S(=O)(=O)Nc2cccc([N+](=O)[O-])c2)c1. The molecule has 2 N–H and O–H groups in total. The third-order valence-corrected chi connectivity index (χ3v) is 5.73. The van der Waals surface area contributed by atoms with E-state index < -0.39 is 20.9 Å². The minimum absolute atomic E-state index is 0.0453. The Balaban J connectivity index is 1.82. The molecule has 0 fully saturated rings. The molecule has 0 heterocycles.